The largest absolute Gasteiger partial charge is 0.481 e. The van der Waals surface area contributed by atoms with Crippen LogP contribution in [0.1, 0.15) is 175 Å². The van der Waals surface area contributed by atoms with Crippen molar-refractivity contribution in [2.24, 2.45) is 17.8 Å². The first kappa shape index (κ1) is 38.7. The molecule has 0 aromatic carbocycles. The van der Waals surface area contributed by atoms with Crippen LogP contribution in [0, 0.1) is 24.7 Å². The van der Waals surface area contributed by atoms with Gasteiger partial charge in [-0.1, -0.05) is 95.0 Å². The van der Waals surface area contributed by atoms with E-state index in [9.17, 15) is 19.5 Å². The molecule has 1 aromatic rings. The maximum absolute atomic E-state index is 12.2. The van der Waals surface area contributed by atoms with Crippen molar-refractivity contribution in [1.29, 1.82) is 0 Å². The second-order valence-corrected chi connectivity index (χ2v) is 15.4. The zero-order valence-electron chi connectivity index (χ0n) is 29.3. The molecule has 0 saturated heterocycles. The van der Waals surface area contributed by atoms with Gasteiger partial charge < -0.3 is 19.1 Å². The quantitative estimate of drug-likeness (QED) is 0.199. The molecule has 9 heteroatoms. The zero-order chi connectivity index (χ0) is 33.5. The van der Waals surface area contributed by atoms with Crippen LogP contribution in [0.4, 0.5) is 0 Å². The van der Waals surface area contributed by atoms with Gasteiger partial charge in [0, 0.05) is 5.92 Å². The summed E-state index contributed by atoms with van der Waals surface area (Å²) in [6, 6.07) is 0. The summed E-state index contributed by atoms with van der Waals surface area (Å²) in [6.45, 7) is 12.9. The van der Waals surface area contributed by atoms with E-state index in [1.807, 2.05) is 20.8 Å². The van der Waals surface area contributed by atoms with E-state index < -0.39 is 29.1 Å². The van der Waals surface area contributed by atoms with Crippen LogP contribution < -0.4 is 0 Å². The van der Waals surface area contributed by atoms with Gasteiger partial charge in [0.2, 0.25) is 5.89 Å². The van der Waals surface area contributed by atoms with Gasteiger partial charge in [-0.2, -0.15) is 4.98 Å². The van der Waals surface area contributed by atoms with E-state index in [-0.39, 0.29) is 18.3 Å². The number of aliphatic carboxylic acids is 1. The molecule has 1 N–H and O–H groups in total. The number of carboxylic acids is 1. The molecular weight excluding hydrogens is 572 g/mol. The molecule has 0 aliphatic heterocycles. The Hall–Kier alpha value is -2.45. The summed E-state index contributed by atoms with van der Waals surface area (Å²) in [7, 11) is 0. The van der Waals surface area contributed by atoms with E-state index in [1.165, 1.54) is 70.6 Å². The SMILES string of the molecule is CC(C)(C)OC(=O)C[C@@H](CCCC1CCCCC1)C(=O)O.Cc1noc([C@H](CCCC2CCCCC2)CC(=O)OC(C)(C)C)n1. The Balaban J connectivity index is 0.000000317. The van der Waals surface area contributed by atoms with Crippen molar-refractivity contribution >= 4 is 17.9 Å². The Morgan fingerprint density at radius 3 is 1.67 bits per heavy atom. The molecule has 9 nitrogen and oxygen atoms in total. The fourth-order valence-corrected chi connectivity index (χ4v) is 6.53. The highest BCUT2D eigenvalue weighted by atomic mass is 16.6. The van der Waals surface area contributed by atoms with E-state index in [2.05, 4.69) is 10.1 Å². The van der Waals surface area contributed by atoms with Gasteiger partial charge in [-0.15, -0.1) is 0 Å². The third kappa shape index (κ3) is 17.7. The first-order chi connectivity index (χ1) is 21.1. The summed E-state index contributed by atoms with van der Waals surface area (Å²) in [5.74, 6) is 0.666. The number of carbonyl (C=O) groups excluding carboxylic acids is 2. The Morgan fingerprint density at radius 2 is 1.24 bits per heavy atom. The van der Waals surface area contributed by atoms with Gasteiger partial charge in [-0.3, -0.25) is 14.4 Å². The highest BCUT2D eigenvalue weighted by molar-refractivity contribution is 5.78. The van der Waals surface area contributed by atoms with Crippen LogP contribution >= 0.6 is 0 Å². The van der Waals surface area contributed by atoms with Crippen LogP contribution in [0.25, 0.3) is 0 Å². The molecule has 2 aliphatic rings. The Labute approximate surface area is 272 Å². The van der Waals surface area contributed by atoms with Crippen LogP contribution in [0.15, 0.2) is 4.52 Å². The summed E-state index contributed by atoms with van der Waals surface area (Å²) in [4.78, 5) is 39.6. The number of esters is 2. The first-order valence-electron chi connectivity index (χ1n) is 17.6. The predicted molar refractivity (Wildman–Crippen MR) is 175 cm³/mol. The van der Waals surface area contributed by atoms with Gasteiger partial charge in [0.05, 0.1) is 18.8 Å². The summed E-state index contributed by atoms with van der Waals surface area (Å²) < 4.78 is 16.0. The van der Waals surface area contributed by atoms with Crippen LogP contribution in [0.3, 0.4) is 0 Å². The molecule has 1 aromatic heterocycles. The van der Waals surface area contributed by atoms with Gasteiger partial charge in [-0.25, -0.2) is 0 Å². The molecule has 2 saturated carbocycles. The Bertz CT molecular complexity index is 1010. The first-order valence-corrected chi connectivity index (χ1v) is 17.6. The summed E-state index contributed by atoms with van der Waals surface area (Å²) in [5, 5.41) is 13.1. The third-order valence-electron chi connectivity index (χ3n) is 8.69. The van der Waals surface area contributed by atoms with Crippen LogP contribution in [-0.4, -0.2) is 44.4 Å². The van der Waals surface area contributed by atoms with E-state index in [4.69, 9.17) is 14.0 Å². The van der Waals surface area contributed by atoms with E-state index >= 15 is 0 Å². The fraction of sp³-hybridized carbons (Fsp3) is 0.861. The number of ether oxygens (including phenoxy) is 2. The minimum Gasteiger partial charge on any atom is -0.481 e. The smallest absolute Gasteiger partial charge is 0.307 e. The zero-order valence-corrected chi connectivity index (χ0v) is 29.3. The van der Waals surface area contributed by atoms with Crippen molar-refractivity contribution < 1.29 is 33.5 Å². The monoisotopic (exact) mass is 634 g/mol. The van der Waals surface area contributed by atoms with E-state index in [0.29, 0.717) is 24.6 Å². The van der Waals surface area contributed by atoms with Crippen LogP contribution in [0.2, 0.25) is 0 Å². The van der Waals surface area contributed by atoms with Crippen LogP contribution in [0.5, 0.6) is 0 Å². The average molecular weight is 635 g/mol. The third-order valence-corrected chi connectivity index (χ3v) is 8.69. The molecule has 2 fully saturated rings. The molecule has 3 rings (SSSR count). The molecule has 0 unspecified atom stereocenters. The number of carbonyl (C=O) groups is 3. The van der Waals surface area contributed by atoms with Crippen LogP contribution in [-0.2, 0) is 23.9 Å². The highest BCUT2D eigenvalue weighted by Gasteiger charge is 2.27. The van der Waals surface area contributed by atoms with Crippen molar-refractivity contribution in [3.63, 3.8) is 0 Å². The lowest BCUT2D eigenvalue weighted by molar-refractivity contribution is -0.160. The van der Waals surface area contributed by atoms with Crippen molar-refractivity contribution in [3.8, 4) is 0 Å². The lowest BCUT2D eigenvalue weighted by Gasteiger charge is -2.23. The van der Waals surface area contributed by atoms with Gasteiger partial charge in [0.1, 0.15) is 11.2 Å². The summed E-state index contributed by atoms with van der Waals surface area (Å²) in [6.07, 6.45) is 19.5. The number of carboxylic acid groups (broad SMARTS) is 1. The van der Waals surface area contributed by atoms with Crippen molar-refractivity contribution in [3.05, 3.63) is 11.7 Å². The minimum atomic E-state index is -0.885. The predicted octanol–water partition coefficient (Wildman–Crippen LogP) is 9.11. The Morgan fingerprint density at radius 1 is 0.778 bits per heavy atom. The Kier molecular flexibility index (Phi) is 16.6. The van der Waals surface area contributed by atoms with Gasteiger partial charge in [0.25, 0.3) is 0 Å². The van der Waals surface area contributed by atoms with E-state index in [0.717, 1.165) is 37.5 Å². The number of hydrogen-bond donors (Lipinski definition) is 1. The van der Waals surface area contributed by atoms with Crippen molar-refractivity contribution in [2.75, 3.05) is 0 Å². The molecule has 2 aliphatic carbocycles. The number of nitrogens with zero attached hydrogens (tertiary/aromatic N) is 2. The molecular formula is C36H62N2O7. The highest BCUT2D eigenvalue weighted by Crippen LogP contribution is 2.32. The fourth-order valence-electron chi connectivity index (χ4n) is 6.53. The number of rotatable bonds is 14. The average Bonchev–Trinajstić information content (AvgIpc) is 3.37. The lowest BCUT2D eigenvalue weighted by atomic mass is 9.84. The van der Waals surface area contributed by atoms with Gasteiger partial charge >= 0.3 is 17.9 Å². The second-order valence-electron chi connectivity index (χ2n) is 15.4. The standard InChI is InChI=1S/C19H32N2O3.C17H30O4/c1-14-20-18(24-21-14)16(13-17(22)23-19(2,3)4)12-8-11-15-9-6-5-7-10-15;1-17(2,3)21-15(18)12-14(16(19)20)11-7-10-13-8-5-4-6-9-13/h15-16H,5-13H2,1-4H3;13-14H,4-12H2,1-3H3,(H,19,20)/t16-;14-/m11/s1. The number of aryl methyl sites for hydroxylation is 1. The topological polar surface area (TPSA) is 129 Å². The molecule has 2 atom stereocenters. The molecule has 0 amide bonds. The van der Waals surface area contributed by atoms with Crippen molar-refractivity contribution in [1.82, 2.24) is 10.1 Å². The molecule has 1 heterocycles. The summed E-state index contributed by atoms with van der Waals surface area (Å²) in [5.41, 5.74) is -1.02. The van der Waals surface area contributed by atoms with Crippen molar-refractivity contribution in [2.45, 2.75) is 181 Å². The van der Waals surface area contributed by atoms with E-state index in [1.54, 1.807) is 27.7 Å². The normalized spacial score (nSPS) is 17.9. The number of hydrogen-bond acceptors (Lipinski definition) is 8. The molecule has 0 spiro atoms. The molecule has 0 bridgehead atoms. The maximum atomic E-state index is 12.2. The molecule has 45 heavy (non-hydrogen) atoms. The maximum Gasteiger partial charge on any atom is 0.307 e. The minimum absolute atomic E-state index is 0.0166. The molecule has 0 radical (unpaired) electrons. The lowest BCUT2D eigenvalue weighted by Crippen LogP contribution is -2.27. The second kappa shape index (κ2) is 19.3. The van der Waals surface area contributed by atoms with Gasteiger partial charge in [-0.05, 0) is 73.1 Å². The summed E-state index contributed by atoms with van der Waals surface area (Å²) >= 11 is 0. The molecule has 258 valence electrons. The van der Waals surface area contributed by atoms with Gasteiger partial charge in [0.15, 0.2) is 5.82 Å². The number of aromatic nitrogens is 2.